The lowest BCUT2D eigenvalue weighted by Gasteiger charge is -2.33. The van der Waals surface area contributed by atoms with Crippen molar-refractivity contribution in [3.8, 4) is 0 Å². The Kier molecular flexibility index (Phi) is 18.1. The second kappa shape index (κ2) is 24.7. The minimum Gasteiger partial charge on any atom is -0.337 e. The molecule has 0 N–H and O–H groups in total. The summed E-state index contributed by atoms with van der Waals surface area (Å²) < 4.78 is 0. The molecule has 12 heteroatoms. The highest BCUT2D eigenvalue weighted by Gasteiger charge is 2.32. The molecule has 6 aromatic carbocycles. The van der Waals surface area contributed by atoms with E-state index < -0.39 is 0 Å². The fraction of sp³-hybridized carbons (Fsp3) is 0.344. The lowest BCUT2D eigenvalue weighted by atomic mass is 9.99. The summed E-state index contributed by atoms with van der Waals surface area (Å²) in [5.41, 5.74) is 6.60. The van der Waals surface area contributed by atoms with Gasteiger partial charge in [-0.2, -0.15) is 0 Å². The van der Waals surface area contributed by atoms with Gasteiger partial charge in [0.15, 0.2) is 0 Å². The first kappa shape index (κ1) is 55.9. The molecule has 12 nitrogen and oxygen atoms in total. The van der Waals surface area contributed by atoms with Gasteiger partial charge in [-0.15, -0.1) is 0 Å². The van der Waals surface area contributed by atoms with E-state index in [9.17, 15) is 14.4 Å². The highest BCUT2D eigenvalue weighted by atomic mass is 16.2. The molecule has 0 radical (unpaired) electrons. The fourth-order valence-corrected chi connectivity index (χ4v) is 9.87. The highest BCUT2D eigenvalue weighted by molar-refractivity contribution is 6.01. The lowest BCUT2D eigenvalue weighted by molar-refractivity contribution is 0.0643. The molecule has 0 bridgehead atoms. The van der Waals surface area contributed by atoms with Gasteiger partial charge >= 0.3 is 0 Å². The summed E-state index contributed by atoms with van der Waals surface area (Å²) in [6.07, 6.45) is 0. The van der Waals surface area contributed by atoms with Gasteiger partial charge in [0.1, 0.15) is 0 Å². The van der Waals surface area contributed by atoms with Gasteiger partial charge in [-0.25, -0.2) is 0 Å². The third kappa shape index (κ3) is 12.4. The molecule has 1 heterocycles. The summed E-state index contributed by atoms with van der Waals surface area (Å²) in [4.78, 5) is 100.0. The SMILES string of the molecule is CC(C)N1Cc2ccccc2C(=O)N(C)Cc2ccccc2C(=O)N(C(C)C)Cc2ccccc2C(=O)N(C(C)C)Cc2ccccc2C(=O)N(C(C)C)Cc2ccccc2C(=O)N(C(C)C)Cc2ccccc2C1=O. The Morgan fingerprint density at radius 1 is 0.250 bits per heavy atom. The molecule has 396 valence electrons. The van der Waals surface area contributed by atoms with E-state index in [0.717, 1.165) is 0 Å². The predicted octanol–water partition coefficient (Wildman–Crippen LogP) is 11.5. The first-order valence-electron chi connectivity index (χ1n) is 26.6. The first-order chi connectivity index (χ1) is 36.3. The van der Waals surface area contributed by atoms with E-state index in [2.05, 4.69) is 0 Å². The Morgan fingerprint density at radius 3 is 0.592 bits per heavy atom. The van der Waals surface area contributed by atoms with Gasteiger partial charge in [-0.05, 0) is 139 Å². The van der Waals surface area contributed by atoms with E-state index in [4.69, 9.17) is 0 Å². The third-order valence-electron chi connectivity index (χ3n) is 14.4. The zero-order valence-corrected chi connectivity index (χ0v) is 46.1. The van der Waals surface area contributed by atoms with E-state index in [1.807, 2.05) is 172 Å². The van der Waals surface area contributed by atoms with Crippen molar-refractivity contribution in [3.05, 3.63) is 212 Å². The standard InChI is InChI=1S/C64H74N6O6/c1-42(2)66-37-48-25-13-18-30-53(48)59(71)65(11)36-47-24-12-19-31-54(47)60(72)67(43(3)4)38-49-26-14-21-33-56(49)62(74)69(45(7)8)40-51-28-16-23-35-58(51)64(76)70(46(9)10)41-52-29-17-22-34-57(52)63(75)68(44(5)6)39-50-27-15-20-32-55(50)61(66)73/h12-35,42-46H,36-41H2,1-11H3. The Morgan fingerprint density at radius 2 is 0.408 bits per heavy atom. The molecule has 1 aliphatic heterocycles. The zero-order valence-electron chi connectivity index (χ0n) is 46.1. The molecule has 0 aliphatic carbocycles. The smallest absolute Gasteiger partial charge is 0.254 e. The maximum absolute atomic E-state index is 15.0. The second-order valence-electron chi connectivity index (χ2n) is 21.2. The maximum atomic E-state index is 15.0. The van der Waals surface area contributed by atoms with Crippen LogP contribution >= 0.6 is 0 Å². The number of carbonyl (C=O) groups is 6. The Hall–Kier alpha value is -7.86. The molecule has 0 spiro atoms. The predicted molar refractivity (Wildman–Crippen MR) is 299 cm³/mol. The van der Waals surface area contributed by atoms with Crippen LogP contribution in [0.4, 0.5) is 0 Å². The van der Waals surface area contributed by atoms with E-state index >= 15 is 14.4 Å². The van der Waals surface area contributed by atoms with E-state index in [1.54, 1.807) is 78.9 Å². The van der Waals surface area contributed by atoms with Crippen molar-refractivity contribution >= 4 is 35.4 Å². The van der Waals surface area contributed by atoms with Crippen LogP contribution in [0.25, 0.3) is 0 Å². The van der Waals surface area contributed by atoms with Crippen molar-refractivity contribution in [2.45, 2.75) is 139 Å². The summed E-state index contributed by atoms with van der Waals surface area (Å²) >= 11 is 0. The largest absolute Gasteiger partial charge is 0.337 e. The number of nitrogens with zero attached hydrogens (tertiary/aromatic N) is 6. The lowest BCUT2D eigenvalue weighted by Crippen LogP contribution is -2.41. The van der Waals surface area contributed by atoms with Crippen LogP contribution in [0, 0.1) is 0 Å². The van der Waals surface area contributed by atoms with Crippen molar-refractivity contribution in [3.63, 3.8) is 0 Å². The van der Waals surface area contributed by atoms with E-state index in [-0.39, 0.29) is 105 Å². The molecule has 0 saturated carbocycles. The maximum Gasteiger partial charge on any atom is 0.254 e. The van der Waals surface area contributed by atoms with Gasteiger partial charge in [-0.3, -0.25) is 28.8 Å². The number of fused-ring (bicyclic) bond motifs is 6. The highest BCUT2D eigenvalue weighted by Crippen LogP contribution is 2.28. The average molecular weight is 1020 g/mol. The number of rotatable bonds is 5. The molecule has 6 amide bonds. The average Bonchev–Trinajstić information content (AvgIpc) is 3.41. The van der Waals surface area contributed by atoms with Gasteiger partial charge in [0.25, 0.3) is 35.4 Å². The second-order valence-corrected chi connectivity index (χ2v) is 21.2. The zero-order chi connectivity index (χ0) is 55.0. The molecule has 0 atom stereocenters. The number of carbonyl (C=O) groups excluding carboxylic acids is 6. The molecule has 0 saturated heterocycles. The van der Waals surface area contributed by atoms with Crippen LogP contribution in [0.3, 0.4) is 0 Å². The van der Waals surface area contributed by atoms with Crippen LogP contribution in [0.15, 0.2) is 146 Å². The van der Waals surface area contributed by atoms with Gasteiger partial charge in [0.2, 0.25) is 0 Å². The molecule has 76 heavy (non-hydrogen) atoms. The Balaban J connectivity index is 1.36. The van der Waals surface area contributed by atoms with E-state index in [0.29, 0.717) is 66.8 Å². The number of amides is 6. The molecular formula is C64H74N6O6. The number of benzene rings is 6. The quantitative estimate of drug-likeness (QED) is 0.170. The van der Waals surface area contributed by atoms with Crippen LogP contribution in [0.2, 0.25) is 0 Å². The summed E-state index contributed by atoms with van der Waals surface area (Å²) in [5.74, 6) is -1.48. The molecule has 0 aromatic heterocycles. The van der Waals surface area contributed by atoms with Crippen LogP contribution < -0.4 is 0 Å². The van der Waals surface area contributed by atoms with Crippen molar-refractivity contribution in [1.82, 2.24) is 29.4 Å². The van der Waals surface area contributed by atoms with Crippen molar-refractivity contribution < 1.29 is 28.8 Å². The molecule has 0 fully saturated rings. The topological polar surface area (TPSA) is 122 Å². The first-order valence-corrected chi connectivity index (χ1v) is 26.6. The van der Waals surface area contributed by atoms with E-state index in [1.165, 1.54) is 0 Å². The number of hydrogen-bond donors (Lipinski definition) is 0. The molecule has 6 aromatic rings. The van der Waals surface area contributed by atoms with Gasteiger partial charge in [0.05, 0.1) is 0 Å². The minimum absolute atomic E-state index is 0.119. The monoisotopic (exact) mass is 1020 g/mol. The van der Waals surface area contributed by atoms with Crippen LogP contribution in [-0.2, 0) is 39.3 Å². The Bertz CT molecular complexity index is 3070. The molecule has 0 unspecified atom stereocenters. The third-order valence-corrected chi connectivity index (χ3v) is 14.4. The molecular weight excluding hydrogens is 949 g/mol. The van der Waals surface area contributed by atoms with Crippen LogP contribution in [0.1, 0.15) is 165 Å². The minimum atomic E-state index is -0.278. The summed E-state index contributed by atoms with van der Waals surface area (Å²) in [7, 11) is 1.71. The number of hydrogen-bond acceptors (Lipinski definition) is 6. The van der Waals surface area contributed by atoms with Crippen molar-refractivity contribution in [2.24, 2.45) is 0 Å². The van der Waals surface area contributed by atoms with Gasteiger partial charge in [0, 0.05) is 110 Å². The van der Waals surface area contributed by atoms with Crippen molar-refractivity contribution in [1.29, 1.82) is 0 Å². The van der Waals surface area contributed by atoms with Crippen molar-refractivity contribution in [2.75, 3.05) is 7.05 Å². The summed E-state index contributed by atoms with van der Waals surface area (Å²) in [6.45, 7) is 20.2. The normalized spacial score (nSPS) is 15.3. The van der Waals surface area contributed by atoms with Gasteiger partial charge in [-0.1, -0.05) is 109 Å². The van der Waals surface area contributed by atoms with Crippen LogP contribution in [-0.4, -0.2) is 102 Å². The van der Waals surface area contributed by atoms with Crippen LogP contribution in [0.5, 0.6) is 0 Å². The summed E-state index contributed by atoms with van der Waals surface area (Å²) in [6, 6.07) is 42.6. The fourth-order valence-electron chi connectivity index (χ4n) is 9.87. The Labute approximate surface area is 449 Å². The molecule has 7 rings (SSSR count). The molecule has 1 aliphatic rings. The summed E-state index contributed by atoms with van der Waals surface area (Å²) in [5, 5.41) is 0. The van der Waals surface area contributed by atoms with Gasteiger partial charge < -0.3 is 29.4 Å².